The van der Waals surface area contributed by atoms with Gasteiger partial charge in [0.25, 0.3) is 0 Å². The quantitative estimate of drug-likeness (QED) is 0.714. The zero-order valence-corrected chi connectivity index (χ0v) is 9.33. The molecule has 2 atom stereocenters. The first-order chi connectivity index (χ1) is 6.75. The summed E-state index contributed by atoms with van der Waals surface area (Å²) in [6.45, 7) is 11.2. The topological polar surface area (TPSA) is 24.5 Å². The van der Waals surface area contributed by atoms with E-state index in [0.717, 1.165) is 25.0 Å². The maximum atomic E-state index is 5.57. The molecule has 2 aliphatic heterocycles. The van der Waals surface area contributed by atoms with Crippen LogP contribution in [0.1, 0.15) is 13.8 Å². The van der Waals surface area contributed by atoms with E-state index in [1.54, 1.807) is 0 Å². The summed E-state index contributed by atoms with van der Waals surface area (Å²) in [7, 11) is 0. The first-order valence-corrected chi connectivity index (χ1v) is 5.80. The van der Waals surface area contributed by atoms with Crippen molar-refractivity contribution in [3.63, 3.8) is 0 Å². The Balaban J connectivity index is 1.64. The Morgan fingerprint density at radius 3 is 2.50 bits per heavy atom. The molecule has 0 aromatic heterocycles. The molecule has 0 saturated carbocycles. The minimum absolute atomic E-state index is 0.374. The van der Waals surface area contributed by atoms with Crippen LogP contribution < -0.4 is 5.32 Å². The van der Waals surface area contributed by atoms with Crippen molar-refractivity contribution >= 4 is 0 Å². The molecule has 0 radical (unpaired) electrons. The van der Waals surface area contributed by atoms with Crippen molar-refractivity contribution in [3.05, 3.63) is 0 Å². The van der Waals surface area contributed by atoms with Gasteiger partial charge in [-0.15, -0.1) is 0 Å². The van der Waals surface area contributed by atoms with Gasteiger partial charge in [0, 0.05) is 19.6 Å². The molecular formula is C11H22N2O. The van der Waals surface area contributed by atoms with Crippen LogP contribution in [0.2, 0.25) is 0 Å². The van der Waals surface area contributed by atoms with Crippen LogP contribution in [0.4, 0.5) is 0 Å². The summed E-state index contributed by atoms with van der Waals surface area (Å²) < 4.78 is 5.57. The Kier molecular flexibility index (Phi) is 3.42. The Morgan fingerprint density at radius 1 is 1.29 bits per heavy atom. The van der Waals surface area contributed by atoms with E-state index in [1.165, 1.54) is 26.2 Å². The summed E-state index contributed by atoms with van der Waals surface area (Å²) in [5.74, 6) is 1.82. The zero-order valence-electron chi connectivity index (χ0n) is 9.33. The van der Waals surface area contributed by atoms with Crippen molar-refractivity contribution in [1.82, 2.24) is 10.2 Å². The molecule has 0 aromatic carbocycles. The van der Waals surface area contributed by atoms with E-state index in [4.69, 9.17) is 4.74 Å². The van der Waals surface area contributed by atoms with Crippen molar-refractivity contribution in [2.75, 3.05) is 39.3 Å². The second-order valence-corrected chi connectivity index (χ2v) is 4.86. The largest absolute Gasteiger partial charge is 0.377 e. The van der Waals surface area contributed by atoms with Gasteiger partial charge >= 0.3 is 0 Å². The van der Waals surface area contributed by atoms with Gasteiger partial charge in [-0.05, 0) is 38.8 Å². The third-order valence-electron chi connectivity index (χ3n) is 3.32. The Labute approximate surface area is 86.8 Å². The first-order valence-electron chi connectivity index (χ1n) is 5.80. The number of fused-ring (bicyclic) bond motifs is 1. The number of rotatable bonds is 4. The standard InChI is InChI=1S/C11H22N2O/c1-9(2)14-4-3-13-7-10-5-12-6-11(10)8-13/h9-12H,3-8H2,1-2H3. The average Bonchev–Trinajstić information content (AvgIpc) is 2.62. The highest BCUT2D eigenvalue weighted by atomic mass is 16.5. The molecule has 2 aliphatic rings. The number of likely N-dealkylation sites (tertiary alicyclic amines) is 1. The normalized spacial score (nSPS) is 32.8. The molecule has 2 rings (SSSR count). The lowest BCUT2D eigenvalue weighted by molar-refractivity contribution is 0.0622. The number of ether oxygens (including phenoxy) is 1. The molecule has 82 valence electrons. The van der Waals surface area contributed by atoms with Crippen molar-refractivity contribution in [2.24, 2.45) is 11.8 Å². The summed E-state index contributed by atoms with van der Waals surface area (Å²) in [5, 5.41) is 3.46. The fourth-order valence-electron chi connectivity index (χ4n) is 2.55. The third-order valence-corrected chi connectivity index (χ3v) is 3.32. The van der Waals surface area contributed by atoms with Crippen LogP contribution in [-0.4, -0.2) is 50.3 Å². The van der Waals surface area contributed by atoms with E-state index in [-0.39, 0.29) is 0 Å². The third kappa shape index (κ3) is 2.47. The number of nitrogens with one attached hydrogen (secondary N) is 1. The zero-order chi connectivity index (χ0) is 9.97. The molecule has 0 amide bonds. The van der Waals surface area contributed by atoms with Crippen LogP contribution in [0.15, 0.2) is 0 Å². The highest BCUT2D eigenvalue weighted by Gasteiger charge is 2.35. The lowest BCUT2D eigenvalue weighted by Crippen LogP contribution is -2.29. The Hall–Kier alpha value is -0.120. The van der Waals surface area contributed by atoms with Gasteiger partial charge in [0.1, 0.15) is 0 Å². The fourth-order valence-corrected chi connectivity index (χ4v) is 2.55. The molecule has 0 aromatic rings. The Bertz CT molecular complexity index is 172. The van der Waals surface area contributed by atoms with Crippen molar-refractivity contribution in [2.45, 2.75) is 20.0 Å². The molecule has 0 spiro atoms. The molecule has 3 nitrogen and oxygen atoms in total. The van der Waals surface area contributed by atoms with Gasteiger partial charge in [-0.2, -0.15) is 0 Å². The van der Waals surface area contributed by atoms with Crippen molar-refractivity contribution < 1.29 is 4.74 Å². The van der Waals surface area contributed by atoms with Gasteiger partial charge in [-0.25, -0.2) is 0 Å². The molecule has 2 heterocycles. The van der Waals surface area contributed by atoms with Crippen LogP contribution in [0.3, 0.4) is 0 Å². The molecule has 0 bridgehead atoms. The molecule has 0 aliphatic carbocycles. The van der Waals surface area contributed by atoms with Gasteiger partial charge in [0.2, 0.25) is 0 Å². The molecule has 1 N–H and O–H groups in total. The van der Waals surface area contributed by atoms with Crippen LogP contribution >= 0.6 is 0 Å². The van der Waals surface area contributed by atoms with Gasteiger partial charge < -0.3 is 15.0 Å². The van der Waals surface area contributed by atoms with E-state index < -0.39 is 0 Å². The predicted molar refractivity (Wildman–Crippen MR) is 57.4 cm³/mol. The van der Waals surface area contributed by atoms with Crippen molar-refractivity contribution in [3.8, 4) is 0 Å². The SMILES string of the molecule is CC(C)OCCN1CC2CNCC2C1. The van der Waals surface area contributed by atoms with Crippen LogP contribution in [-0.2, 0) is 4.74 Å². The van der Waals surface area contributed by atoms with Gasteiger partial charge in [0.15, 0.2) is 0 Å². The van der Waals surface area contributed by atoms with Gasteiger partial charge in [-0.1, -0.05) is 0 Å². The second kappa shape index (κ2) is 4.60. The highest BCUT2D eigenvalue weighted by Crippen LogP contribution is 2.25. The average molecular weight is 198 g/mol. The summed E-state index contributed by atoms with van der Waals surface area (Å²) in [4.78, 5) is 2.55. The minimum Gasteiger partial charge on any atom is -0.377 e. The molecule has 2 fully saturated rings. The van der Waals surface area contributed by atoms with E-state index in [2.05, 4.69) is 24.1 Å². The summed E-state index contributed by atoms with van der Waals surface area (Å²) in [6, 6.07) is 0. The van der Waals surface area contributed by atoms with E-state index >= 15 is 0 Å². The van der Waals surface area contributed by atoms with Crippen LogP contribution in [0, 0.1) is 11.8 Å². The van der Waals surface area contributed by atoms with Gasteiger partial charge in [0.05, 0.1) is 12.7 Å². The number of hydrogen-bond donors (Lipinski definition) is 1. The van der Waals surface area contributed by atoms with E-state index in [9.17, 15) is 0 Å². The van der Waals surface area contributed by atoms with Crippen LogP contribution in [0.5, 0.6) is 0 Å². The molecule has 14 heavy (non-hydrogen) atoms. The maximum Gasteiger partial charge on any atom is 0.0596 e. The van der Waals surface area contributed by atoms with Gasteiger partial charge in [-0.3, -0.25) is 0 Å². The monoisotopic (exact) mass is 198 g/mol. The van der Waals surface area contributed by atoms with Crippen LogP contribution in [0.25, 0.3) is 0 Å². The second-order valence-electron chi connectivity index (χ2n) is 4.86. The Morgan fingerprint density at radius 2 is 1.93 bits per heavy atom. The molecule has 2 saturated heterocycles. The molecule has 3 heteroatoms. The lowest BCUT2D eigenvalue weighted by Gasteiger charge is -2.17. The summed E-state index contributed by atoms with van der Waals surface area (Å²) in [5.41, 5.74) is 0. The maximum absolute atomic E-state index is 5.57. The summed E-state index contributed by atoms with van der Waals surface area (Å²) >= 11 is 0. The molecular weight excluding hydrogens is 176 g/mol. The first kappa shape index (κ1) is 10.4. The molecule has 2 unspecified atom stereocenters. The fraction of sp³-hybridized carbons (Fsp3) is 1.00. The number of nitrogens with zero attached hydrogens (tertiary/aromatic N) is 1. The highest BCUT2D eigenvalue weighted by molar-refractivity contribution is 4.90. The van der Waals surface area contributed by atoms with E-state index in [1.807, 2.05) is 0 Å². The smallest absolute Gasteiger partial charge is 0.0596 e. The summed E-state index contributed by atoms with van der Waals surface area (Å²) in [6.07, 6.45) is 0.374. The predicted octanol–water partition coefficient (Wildman–Crippen LogP) is 0.563. The minimum atomic E-state index is 0.374. The number of hydrogen-bond acceptors (Lipinski definition) is 3. The van der Waals surface area contributed by atoms with E-state index in [0.29, 0.717) is 6.10 Å². The van der Waals surface area contributed by atoms with Crippen molar-refractivity contribution in [1.29, 1.82) is 0 Å². The lowest BCUT2D eigenvalue weighted by atomic mass is 10.0.